The van der Waals surface area contributed by atoms with E-state index in [9.17, 15) is 4.79 Å². The minimum absolute atomic E-state index is 0.197. The molecule has 29 heavy (non-hydrogen) atoms. The molecule has 0 atom stereocenters. The van der Waals surface area contributed by atoms with Crippen molar-refractivity contribution in [2.24, 2.45) is 0 Å². The van der Waals surface area contributed by atoms with E-state index >= 15 is 0 Å². The number of hydrogen-bond donors (Lipinski definition) is 1. The number of pyridine rings is 1. The second-order valence-corrected chi connectivity index (χ2v) is 7.28. The fourth-order valence-corrected chi connectivity index (χ4v) is 3.50. The molecule has 0 spiro atoms. The monoisotopic (exact) mass is 408 g/mol. The van der Waals surface area contributed by atoms with Crippen LogP contribution in [0.5, 0.6) is 5.88 Å². The third-order valence-electron chi connectivity index (χ3n) is 4.23. The number of aromatic nitrogens is 1. The zero-order chi connectivity index (χ0) is 20.5. The first kappa shape index (κ1) is 20.7. The van der Waals surface area contributed by atoms with Gasteiger partial charge in [-0.2, -0.15) is 0 Å². The number of hydrogen-bond acceptors (Lipinski definition) is 6. The highest BCUT2D eigenvalue weighted by molar-refractivity contribution is 8.00. The van der Waals surface area contributed by atoms with Crippen molar-refractivity contribution >= 4 is 23.4 Å². The zero-order valence-electron chi connectivity index (χ0n) is 16.6. The summed E-state index contributed by atoms with van der Waals surface area (Å²) in [5.74, 6) is 0.729. The van der Waals surface area contributed by atoms with E-state index in [-0.39, 0.29) is 5.97 Å². The predicted octanol–water partition coefficient (Wildman–Crippen LogP) is 5.02. The van der Waals surface area contributed by atoms with E-state index in [1.807, 2.05) is 55.6 Å². The molecule has 5 nitrogen and oxygen atoms in total. The van der Waals surface area contributed by atoms with Crippen LogP contribution < -0.4 is 10.1 Å². The lowest BCUT2D eigenvalue weighted by atomic mass is 10.1. The number of nitrogens with zero attached hydrogens (tertiary/aromatic N) is 1. The summed E-state index contributed by atoms with van der Waals surface area (Å²) >= 11 is 1.46. The Hall–Kier alpha value is -2.99. The maximum absolute atomic E-state index is 11.5. The summed E-state index contributed by atoms with van der Waals surface area (Å²) in [5.41, 5.74) is 4.13. The number of carbonyl (C=O) groups is 1. The minimum atomic E-state index is -0.197. The molecule has 0 aliphatic carbocycles. The first-order chi connectivity index (χ1) is 14.2. The molecule has 150 valence electrons. The van der Waals surface area contributed by atoms with E-state index < -0.39 is 0 Å². The molecule has 0 saturated heterocycles. The van der Waals surface area contributed by atoms with Crippen LogP contribution in [0.25, 0.3) is 11.1 Å². The van der Waals surface area contributed by atoms with Gasteiger partial charge in [-0.05, 0) is 42.8 Å². The molecule has 0 unspecified atom stereocenters. The lowest BCUT2D eigenvalue weighted by Crippen LogP contribution is -2.06. The first-order valence-electron chi connectivity index (χ1n) is 9.40. The van der Waals surface area contributed by atoms with Crippen molar-refractivity contribution in [2.75, 3.05) is 24.8 Å². The Bertz CT molecular complexity index is 931. The summed E-state index contributed by atoms with van der Waals surface area (Å²) in [5, 5.41) is 3.41. The van der Waals surface area contributed by atoms with Crippen molar-refractivity contribution in [3.8, 4) is 17.0 Å². The normalized spacial score (nSPS) is 10.4. The number of benzene rings is 2. The van der Waals surface area contributed by atoms with Gasteiger partial charge in [-0.3, -0.25) is 4.79 Å². The molecule has 0 amide bonds. The number of methoxy groups -OCH3 is 1. The fourth-order valence-electron chi connectivity index (χ4n) is 2.81. The van der Waals surface area contributed by atoms with Gasteiger partial charge in [-0.1, -0.05) is 30.3 Å². The molecule has 0 bridgehead atoms. The van der Waals surface area contributed by atoms with Crippen LogP contribution in [-0.2, 0) is 16.1 Å². The van der Waals surface area contributed by atoms with Crippen LogP contribution in [0.15, 0.2) is 71.8 Å². The number of nitrogens with one attached hydrogen (secondary N) is 1. The Balaban J connectivity index is 1.64. The summed E-state index contributed by atoms with van der Waals surface area (Å²) in [7, 11) is 1.63. The summed E-state index contributed by atoms with van der Waals surface area (Å²) in [6.45, 7) is 2.81. The minimum Gasteiger partial charge on any atom is -0.481 e. The Labute approximate surface area is 175 Å². The lowest BCUT2D eigenvalue weighted by Gasteiger charge is -2.12. The molecule has 2 aromatic carbocycles. The van der Waals surface area contributed by atoms with Crippen LogP contribution >= 0.6 is 11.8 Å². The van der Waals surface area contributed by atoms with Crippen molar-refractivity contribution in [1.82, 2.24) is 4.98 Å². The van der Waals surface area contributed by atoms with Crippen LogP contribution in [0.1, 0.15) is 12.5 Å². The zero-order valence-corrected chi connectivity index (χ0v) is 17.4. The Kier molecular flexibility index (Phi) is 7.53. The predicted molar refractivity (Wildman–Crippen MR) is 117 cm³/mol. The summed E-state index contributed by atoms with van der Waals surface area (Å²) in [6, 6.07) is 20.2. The van der Waals surface area contributed by atoms with Crippen molar-refractivity contribution in [3.05, 3.63) is 72.4 Å². The number of ether oxygens (including phenoxy) is 2. The summed E-state index contributed by atoms with van der Waals surface area (Å²) < 4.78 is 10.4. The molecule has 0 fully saturated rings. The van der Waals surface area contributed by atoms with Crippen molar-refractivity contribution in [3.63, 3.8) is 0 Å². The third-order valence-corrected chi connectivity index (χ3v) is 5.21. The summed E-state index contributed by atoms with van der Waals surface area (Å²) in [6.07, 6.45) is 1.83. The quantitative estimate of drug-likeness (QED) is 0.396. The van der Waals surface area contributed by atoms with Gasteiger partial charge < -0.3 is 14.8 Å². The largest absolute Gasteiger partial charge is 0.481 e. The van der Waals surface area contributed by atoms with Crippen LogP contribution in [0.3, 0.4) is 0 Å². The van der Waals surface area contributed by atoms with Crippen LogP contribution in [-0.4, -0.2) is 30.4 Å². The van der Waals surface area contributed by atoms with E-state index in [0.29, 0.717) is 24.8 Å². The van der Waals surface area contributed by atoms with E-state index in [2.05, 4.69) is 28.5 Å². The van der Waals surface area contributed by atoms with Crippen molar-refractivity contribution < 1.29 is 14.3 Å². The van der Waals surface area contributed by atoms with Crippen LogP contribution in [0.2, 0.25) is 0 Å². The van der Waals surface area contributed by atoms with E-state index in [0.717, 1.165) is 27.3 Å². The number of anilines is 1. The molecule has 3 aromatic rings. The van der Waals surface area contributed by atoms with Crippen molar-refractivity contribution in [1.29, 1.82) is 0 Å². The number of carbonyl (C=O) groups excluding carboxylic acids is 1. The Morgan fingerprint density at radius 3 is 2.52 bits per heavy atom. The van der Waals surface area contributed by atoms with Gasteiger partial charge in [0, 0.05) is 34.5 Å². The van der Waals surface area contributed by atoms with Gasteiger partial charge in [0.05, 0.1) is 19.5 Å². The molecule has 0 radical (unpaired) electrons. The average Bonchev–Trinajstić information content (AvgIpc) is 2.77. The molecule has 0 saturated carbocycles. The molecule has 0 aliphatic heterocycles. The van der Waals surface area contributed by atoms with Gasteiger partial charge in [0.1, 0.15) is 0 Å². The SMILES string of the molecule is CCOC(=O)CSc1ccc(NCc2cc(-c3ccccc3)cnc2OC)cc1. The van der Waals surface area contributed by atoms with Crippen LogP contribution in [0, 0.1) is 0 Å². The number of thioether (sulfide) groups is 1. The highest BCUT2D eigenvalue weighted by Gasteiger charge is 2.08. The third kappa shape index (κ3) is 5.99. The van der Waals surface area contributed by atoms with Crippen LogP contribution in [0.4, 0.5) is 5.69 Å². The second-order valence-electron chi connectivity index (χ2n) is 6.23. The van der Waals surface area contributed by atoms with E-state index in [4.69, 9.17) is 9.47 Å². The van der Waals surface area contributed by atoms with E-state index in [1.54, 1.807) is 7.11 Å². The number of esters is 1. The molecule has 1 aromatic heterocycles. The molecule has 3 rings (SSSR count). The van der Waals surface area contributed by atoms with Gasteiger partial charge in [0.2, 0.25) is 5.88 Å². The number of rotatable bonds is 9. The Morgan fingerprint density at radius 2 is 1.83 bits per heavy atom. The van der Waals surface area contributed by atoms with Gasteiger partial charge in [-0.15, -0.1) is 11.8 Å². The molecule has 1 heterocycles. The maximum Gasteiger partial charge on any atom is 0.316 e. The average molecular weight is 409 g/mol. The molecule has 1 N–H and O–H groups in total. The van der Waals surface area contributed by atoms with Gasteiger partial charge >= 0.3 is 5.97 Å². The van der Waals surface area contributed by atoms with Gasteiger partial charge in [0.25, 0.3) is 0 Å². The van der Waals surface area contributed by atoms with Gasteiger partial charge in [-0.25, -0.2) is 4.98 Å². The maximum atomic E-state index is 11.5. The lowest BCUT2D eigenvalue weighted by molar-refractivity contribution is -0.139. The standard InChI is InChI=1S/C23H24N2O3S/c1-3-28-22(26)16-29-21-11-9-20(10-12-21)24-15-19-13-18(14-25-23(19)27-2)17-7-5-4-6-8-17/h4-14,24H,3,15-16H2,1-2H3. The fraction of sp³-hybridized carbons (Fsp3) is 0.217. The molecular formula is C23H24N2O3S. The van der Waals surface area contributed by atoms with E-state index in [1.165, 1.54) is 11.8 Å². The topological polar surface area (TPSA) is 60.5 Å². The smallest absolute Gasteiger partial charge is 0.316 e. The molecule has 0 aliphatic rings. The second kappa shape index (κ2) is 10.5. The highest BCUT2D eigenvalue weighted by Crippen LogP contribution is 2.26. The molecular weight excluding hydrogens is 384 g/mol. The highest BCUT2D eigenvalue weighted by atomic mass is 32.2. The summed E-state index contributed by atoms with van der Waals surface area (Å²) in [4.78, 5) is 16.9. The van der Waals surface area contributed by atoms with Crippen molar-refractivity contribution in [2.45, 2.75) is 18.4 Å². The molecule has 6 heteroatoms. The first-order valence-corrected chi connectivity index (χ1v) is 10.4. The Morgan fingerprint density at radius 1 is 1.07 bits per heavy atom. The van der Waals surface area contributed by atoms with Gasteiger partial charge in [0.15, 0.2) is 0 Å².